The van der Waals surface area contributed by atoms with E-state index in [4.69, 9.17) is 32.7 Å². The summed E-state index contributed by atoms with van der Waals surface area (Å²) in [5, 5.41) is 3.28. The van der Waals surface area contributed by atoms with Crippen molar-refractivity contribution in [3.8, 4) is 11.5 Å². The molecule has 3 aromatic carbocycles. The maximum absolute atomic E-state index is 13.1. The highest BCUT2D eigenvalue weighted by molar-refractivity contribution is 8.18. The van der Waals surface area contributed by atoms with Crippen LogP contribution in [0.15, 0.2) is 72.2 Å². The van der Waals surface area contributed by atoms with Gasteiger partial charge in [-0.05, 0) is 91.2 Å². The first-order valence-corrected chi connectivity index (χ1v) is 14.3. The molecule has 1 aliphatic heterocycles. The predicted molar refractivity (Wildman–Crippen MR) is 165 cm³/mol. The minimum atomic E-state index is -0.552. The van der Waals surface area contributed by atoms with Gasteiger partial charge >= 0.3 is 0 Å². The van der Waals surface area contributed by atoms with Crippen molar-refractivity contribution >= 4 is 63.8 Å². The van der Waals surface area contributed by atoms with E-state index in [2.05, 4.69) is 11.9 Å². The molecule has 0 unspecified atom stereocenters. The monoisotopic (exact) mass is 610 g/mol. The van der Waals surface area contributed by atoms with Gasteiger partial charge in [-0.25, -0.2) is 0 Å². The number of hydrogen-bond donors (Lipinski definition) is 1. The van der Waals surface area contributed by atoms with Gasteiger partial charge in [-0.15, -0.1) is 6.58 Å². The molecule has 7 nitrogen and oxygen atoms in total. The van der Waals surface area contributed by atoms with Crippen molar-refractivity contribution in [1.29, 1.82) is 0 Å². The molecule has 41 heavy (non-hydrogen) atoms. The second kappa shape index (κ2) is 13.8. The summed E-state index contributed by atoms with van der Waals surface area (Å²) in [4.78, 5) is 39.5. The summed E-state index contributed by atoms with van der Waals surface area (Å²) in [7, 11) is 0. The number of halogens is 2. The zero-order chi connectivity index (χ0) is 29.5. The third kappa shape index (κ3) is 7.73. The number of carbonyl (C=O) groups is 3. The molecule has 0 atom stereocenters. The summed E-state index contributed by atoms with van der Waals surface area (Å²) in [5.41, 5.74) is 3.74. The molecule has 0 aliphatic carbocycles. The van der Waals surface area contributed by atoms with E-state index in [0.717, 1.165) is 33.4 Å². The van der Waals surface area contributed by atoms with Gasteiger partial charge in [0.2, 0.25) is 5.91 Å². The highest BCUT2D eigenvalue weighted by atomic mass is 35.5. The van der Waals surface area contributed by atoms with E-state index < -0.39 is 23.6 Å². The lowest BCUT2D eigenvalue weighted by atomic mass is 10.0. The Balaban J connectivity index is 1.54. The molecule has 3 aromatic rings. The van der Waals surface area contributed by atoms with Crippen LogP contribution >= 0.6 is 35.0 Å². The highest BCUT2D eigenvalue weighted by Gasteiger charge is 2.36. The van der Waals surface area contributed by atoms with E-state index in [-0.39, 0.29) is 4.91 Å². The maximum Gasteiger partial charge on any atom is 0.294 e. The Morgan fingerprint density at radius 2 is 1.83 bits per heavy atom. The van der Waals surface area contributed by atoms with Crippen LogP contribution in [-0.4, -0.2) is 35.1 Å². The van der Waals surface area contributed by atoms with E-state index in [9.17, 15) is 14.4 Å². The minimum Gasteiger partial charge on any atom is -0.490 e. The number of aryl methyl sites for hydroxylation is 1. The fourth-order valence-corrected chi connectivity index (χ4v) is 5.18. The summed E-state index contributed by atoms with van der Waals surface area (Å²) in [5.74, 6) is 0.00760. The molecule has 10 heteroatoms. The van der Waals surface area contributed by atoms with Crippen molar-refractivity contribution < 1.29 is 23.9 Å². The van der Waals surface area contributed by atoms with Crippen molar-refractivity contribution in [3.63, 3.8) is 0 Å². The standard InChI is InChI=1S/C31H28Cl2N2O5S/c1-4-6-22-13-21(14-26(39-5-2)29(22)40-18-20-8-10-23(32)11-9-20)15-27-30(37)35(31(38)41-27)17-28(36)34-24-12-7-19(3)25(33)16-24/h4,7-16H,1,5-6,17-18H2,2-3H3,(H,34,36)/b27-15-. The minimum absolute atomic E-state index is 0.197. The number of amides is 3. The average Bonchev–Trinajstić information content (AvgIpc) is 3.18. The van der Waals surface area contributed by atoms with Crippen LogP contribution in [0, 0.1) is 6.92 Å². The van der Waals surface area contributed by atoms with E-state index in [0.29, 0.717) is 52.4 Å². The molecule has 0 radical (unpaired) electrons. The first-order chi connectivity index (χ1) is 19.7. The molecular formula is C31H28Cl2N2O5S. The van der Waals surface area contributed by atoms with Crippen LogP contribution in [0.25, 0.3) is 6.08 Å². The van der Waals surface area contributed by atoms with Crippen LogP contribution in [-0.2, 0) is 22.6 Å². The quantitative estimate of drug-likeness (QED) is 0.177. The Bertz CT molecular complexity index is 1520. The number of imide groups is 1. The average molecular weight is 612 g/mol. The Kier molecular flexibility index (Phi) is 10.2. The number of rotatable bonds is 11. The van der Waals surface area contributed by atoms with Gasteiger partial charge in [0, 0.05) is 21.3 Å². The van der Waals surface area contributed by atoms with Crippen molar-refractivity contribution in [1.82, 2.24) is 4.90 Å². The molecule has 0 spiro atoms. The number of thioether (sulfide) groups is 1. The lowest BCUT2D eigenvalue weighted by Gasteiger charge is -2.17. The molecule has 1 aliphatic rings. The van der Waals surface area contributed by atoms with E-state index >= 15 is 0 Å². The number of anilines is 1. The van der Waals surface area contributed by atoms with E-state index in [1.807, 2.05) is 32.0 Å². The number of benzene rings is 3. The second-order valence-electron chi connectivity index (χ2n) is 9.13. The van der Waals surface area contributed by atoms with Crippen molar-refractivity contribution in [3.05, 3.63) is 104 Å². The molecule has 1 saturated heterocycles. The van der Waals surface area contributed by atoms with Crippen molar-refractivity contribution in [2.75, 3.05) is 18.5 Å². The Morgan fingerprint density at radius 3 is 2.51 bits per heavy atom. The van der Waals surface area contributed by atoms with Gasteiger partial charge in [-0.3, -0.25) is 19.3 Å². The molecule has 1 N–H and O–H groups in total. The Hall–Kier alpha value is -3.72. The van der Waals surface area contributed by atoms with Gasteiger partial charge in [-0.2, -0.15) is 0 Å². The number of nitrogens with zero attached hydrogens (tertiary/aromatic N) is 1. The SMILES string of the molecule is C=CCc1cc(/C=C2\SC(=O)N(CC(=O)Nc3ccc(C)c(Cl)c3)C2=O)cc(OCC)c1OCc1ccc(Cl)cc1. The zero-order valence-corrected chi connectivity index (χ0v) is 24.9. The third-order valence-corrected chi connectivity index (χ3v) is 7.61. The zero-order valence-electron chi connectivity index (χ0n) is 22.5. The highest BCUT2D eigenvalue weighted by Crippen LogP contribution is 2.38. The summed E-state index contributed by atoms with van der Waals surface area (Å²) in [6, 6.07) is 16.1. The first kappa shape index (κ1) is 30.2. The van der Waals surface area contributed by atoms with Gasteiger partial charge in [0.25, 0.3) is 11.1 Å². The first-order valence-electron chi connectivity index (χ1n) is 12.8. The van der Waals surface area contributed by atoms with Crippen LogP contribution in [0.1, 0.15) is 29.2 Å². The summed E-state index contributed by atoms with van der Waals surface area (Å²) in [6.07, 6.45) is 3.85. The smallest absolute Gasteiger partial charge is 0.294 e. The summed E-state index contributed by atoms with van der Waals surface area (Å²) < 4.78 is 12.1. The Morgan fingerprint density at radius 1 is 1.07 bits per heavy atom. The van der Waals surface area contributed by atoms with Crippen molar-refractivity contribution in [2.45, 2.75) is 26.9 Å². The van der Waals surface area contributed by atoms with Gasteiger partial charge in [0.15, 0.2) is 11.5 Å². The fourth-order valence-electron chi connectivity index (χ4n) is 4.04. The lowest BCUT2D eigenvalue weighted by molar-refractivity contribution is -0.127. The molecule has 4 rings (SSSR count). The maximum atomic E-state index is 13.1. The molecule has 1 heterocycles. The molecule has 0 saturated carbocycles. The van der Waals surface area contributed by atoms with Crippen LogP contribution in [0.3, 0.4) is 0 Å². The molecule has 212 valence electrons. The number of ether oxygens (including phenoxy) is 2. The molecule has 0 bridgehead atoms. The molecule has 3 amide bonds. The third-order valence-electron chi connectivity index (χ3n) is 6.04. The number of hydrogen-bond acceptors (Lipinski definition) is 6. The predicted octanol–water partition coefficient (Wildman–Crippen LogP) is 7.68. The number of carbonyl (C=O) groups excluding carboxylic acids is 3. The molecule has 0 aromatic heterocycles. The number of allylic oxidation sites excluding steroid dienone is 1. The van der Waals surface area contributed by atoms with Crippen molar-refractivity contribution in [2.24, 2.45) is 0 Å². The van der Waals surface area contributed by atoms with Crippen LogP contribution in [0.4, 0.5) is 10.5 Å². The topological polar surface area (TPSA) is 84.9 Å². The van der Waals surface area contributed by atoms with Gasteiger partial charge < -0.3 is 14.8 Å². The van der Waals surface area contributed by atoms with E-state index in [1.54, 1.807) is 48.6 Å². The van der Waals surface area contributed by atoms with Crippen LogP contribution < -0.4 is 14.8 Å². The summed E-state index contributed by atoms with van der Waals surface area (Å²) >= 11 is 12.9. The van der Waals surface area contributed by atoms with Crippen LogP contribution in [0.2, 0.25) is 10.0 Å². The van der Waals surface area contributed by atoms with Crippen LogP contribution in [0.5, 0.6) is 11.5 Å². The second-order valence-corrected chi connectivity index (χ2v) is 11.0. The van der Waals surface area contributed by atoms with Gasteiger partial charge in [-0.1, -0.05) is 47.5 Å². The largest absolute Gasteiger partial charge is 0.490 e. The molecular weight excluding hydrogens is 583 g/mol. The van der Waals surface area contributed by atoms with E-state index in [1.165, 1.54) is 0 Å². The van der Waals surface area contributed by atoms with Gasteiger partial charge in [0.05, 0.1) is 11.5 Å². The normalized spacial score (nSPS) is 14.0. The lowest BCUT2D eigenvalue weighted by Crippen LogP contribution is -2.36. The van der Waals surface area contributed by atoms with Gasteiger partial charge in [0.1, 0.15) is 13.2 Å². The fraction of sp³-hybridized carbons (Fsp3) is 0.194. The summed E-state index contributed by atoms with van der Waals surface area (Å²) in [6.45, 7) is 7.84. The molecule has 1 fully saturated rings. The Labute approximate surface area is 253 Å². The number of nitrogens with one attached hydrogen (secondary N) is 1.